The van der Waals surface area contributed by atoms with Crippen molar-refractivity contribution in [3.8, 4) is 0 Å². The molecule has 0 saturated carbocycles. The van der Waals surface area contributed by atoms with Crippen LogP contribution in [0.25, 0.3) is 10.8 Å². The second kappa shape index (κ2) is 19.3. The molecule has 0 atom stereocenters. The number of rotatable bonds is 7. The predicted molar refractivity (Wildman–Crippen MR) is 226 cm³/mol. The first-order valence-electron chi connectivity index (χ1n) is 18.5. The first kappa shape index (κ1) is 37.1. The third-order valence-electron chi connectivity index (χ3n) is 8.85. The van der Waals surface area contributed by atoms with Crippen LogP contribution in [0.5, 0.6) is 0 Å². The highest BCUT2D eigenvalue weighted by Crippen LogP contribution is 2.44. The van der Waals surface area contributed by atoms with E-state index in [4.69, 9.17) is 0 Å². The number of hydrogen-bond acceptors (Lipinski definition) is 1. The van der Waals surface area contributed by atoms with Crippen molar-refractivity contribution in [3.05, 3.63) is 247 Å². The first-order valence-corrected chi connectivity index (χ1v) is 18.5. The smallest absolute Gasteiger partial charge is 0.0701 e. The lowest BCUT2D eigenvalue weighted by Gasteiger charge is -2.36. The van der Waals surface area contributed by atoms with Gasteiger partial charge in [-0.2, -0.15) is 0 Å². The van der Waals surface area contributed by atoms with Crippen molar-refractivity contribution >= 4 is 27.8 Å². The summed E-state index contributed by atoms with van der Waals surface area (Å²) in [6, 6.07) is 79.2. The molecule has 1 heteroatoms. The average Bonchev–Trinajstić information content (AvgIpc) is 3.25. The summed E-state index contributed by atoms with van der Waals surface area (Å²) >= 11 is 0. The highest BCUT2D eigenvalue weighted by molar-refractivity contribution is 5.89. The molecule has 8 rings (SSSR count). The Hall–Kier alpha value is -6.18. The minimum Gasteiger partial charge on any atom is -0.310 e. The number of para-hydroxylation sites is 2. The molecule has 52 heavy (non-hydrogen) atoms. The molecular weight excluding hydrogens is 627 g/mol. The van der Waals surface area contributed by atoms with Crippen LogP contribution in [0.15, 0.2) is 224 Å². The number of fused-ring (bicyclic) bond motifs is 1. The topological polar surface area (TPSA) is 3.24 Å². The monoisotopic (exact) mass is 675 g/mol. The van der Waals surface area contributed by atoms with Crippen LogP contribution in [0.1, 0.15) is 49.9 Å². The minimum atomic E-state index is -0.328. The van der Waals surface area contributed by atoms with Crippen molar-refractivity contribution in [2.45, 2.75) is 33.1 Å². The Bertz CT molecular complexity index is 1940. The molecular formula is C51H49N. The quantitative estimate of drug-likeness (QED) is 0.152. The lowest BCUT2D eigenvalue weighted by molar-refractivity contribution is 0.745. The van der Waals surface area contributed by atoms with Crippen molar-refractivity contribution in [2.24, 2.45) is 0 Å². The van der Waals surface area contributed by atoms with Gasteiger partial charge in [-0.05, 0) is 69.4 Å². The van der Waals surface area contributed by atoms with Gasteiger partial charge in [-0.15, -0.1) is 0 Å². The normalized spacial score (nSPS) is 10.3. The van der Waals surface area contributed by atoms with Crippen LogP contribution < -0.4 is 4.90 Å². The van der Waals surface area contributed by atoms with Crippen molar-refractivity contribution in [1.29, 1.82) is 0 Å². The highest BCUT2D eigenvalue weighted by Gasteiger charge is 2.37. The SMILES string of the molecule is CC.CC.c1ccc(C(c2ccccc2)(c2ccccc2)c2ccccc2)cc1.c1ccc(N(c2ccccc2)c2ccc3ccccc3c2)cc1. The molecule has 258 valence electrons. The number of nitrogens with zero attached hydrogens (tertiary/aromatic N) is 1. The molecule has 0 N–H and O–H groups in total. The van der Waals surface area contributed by atoms with Gasteiger partial charge in [-0.25, -0.2) is 0 Å². The summed E-state index contributed by atoms with van der Waals surface area (Å²) in [5.41, 5.74) is 8.27. The van der Waals surface area contributed by atoms with Crippen LogP contribution in [-0.4, -0.2) is 0 Å². The summed E-state index contributed by atoms with van der Waals surface area (Å²) in [5.74, 6) is 0. The molecule has 0 fully saturated rings. The maximum Gasteiger partial charge on any atom is 0.0701 e. The largest absolute Gasteiger partial charge is 0.310 e. The molecule has 0 heterocycles. The van der Waals surface area contributed by atoms with E-state index in [1.165, 1.54) is 38.7 Å². The summed E-state index contributed by atoms with van der Waals surface area (Å²) in [7, 11) is 0. The third-order valence-corrected chi connectivity index (χ3v) is 8.85. The zero-order valence-corrected chi connectivity index (χ0v) is 30.8. The van der Waals surface area contributed by atoms with E-state index < -0.39 is 0 Å². The van der Waals surface area contributed by atoms with Crippen LogP contribution in [0.2, 0.25) is 0 Å². The second-order valence-corrected chi connectivity index (χ2v) is 11.8. The Kier molecular flexibility index (Phi) is 13.7. The fourth-order valence-corrected chi connectivity index (χ4v) is 6.67. The molecule has 0 aliphatic rings. The molecule has 0 unspecified atom stereocenters. The molecule has 0 saturated heterocycles. The van der Waals surface area contributed by atoms with Gasteiger partial charge >= 0.3 is 0 Å². The van der Waals surface area contributed by atoms with Gasteiger partial charge < -0.3 is 4.90 Å². The van der Waals surface area contributed by atoms with Crippen LogP contribution in [0, 0.1) is 0 Å². The third kappa shape index (κ3) is 8.40. The van der Waals surface area contributed by atoms with Gasteiger partial charge in [0.1, 0.15) is 0 Å². The van der Waals surface area contributed by atoms with Crippen molar-refractivity contribution in [1.82, 2.24) is 0 Å². The van der Waals surface area contributed by atoms with E-state index in [1.807, 2.05) is 39.8 Å². The summed E-state index contributed by atoms with van der Waals surface area (Å²) < 4.78 is 0. The van der Waals surface area contributed by atoms with Crippen LogP contribution >= 0.6 is 0 Å². The van der Waals surface area contributed by atoms with Gasteiger partial charge in [0.05, 0.1) is 5.41 Å². The molecule has 0 amide bonds. The summed E-state index contributed by atoms with van der Waals surface area (Å²) in [5, 5.41) is 2.51. The fraction of sp³-hybridized carbons (Fsp3) is 0.0980. The van der Waals surface area contributed by atoms with Gasteiger partial charge in [0.25, 0.3) is 0 Å². The fourth-order valence-electron chi connectivity index (χ4n) is 6.67. The van der Waals surface area contributed by atoms with E-state index in [2.05, 4.69) is 217 Å². The van der Waals surface area contributed by atoms with Gasteiger partial charge in [0.2, 0.25) is 0 Å². The number of benzene rings is 8. The van der Waals surface area contributed by atoms with Crippen molar-refractivity contribution < 1.29 is 0 Å². The molecule has 0 aliphatic heterocycles. The molecule has 0 spiro atoms. The molecule has 0 aliphatic carbocycles. The summed E-state index contributed by atoms with van der Waals surface area (Å²) in [4.78, 5) is 2.28. The Morgan fingerprint density at radius 1 is 0.269 bits per heavy atom. The lowest BCUT2D eigenvalue weighted by Crippen LogP contribution is -2.30. The predicted octanol–water partition coefficient (Wildman–Crippen LogP) is 14.4. The maximum absolute atomic E-state index is 2.28. The molecule has 8 aromatic carbocycles. The van der Waals surface area contributed by atoms with Gasteiger partial charge in [-0.1, -0.05) is 216 Å². The molecule has 0 bridgehead atoms. The summed E-state index contributed by atoms with van der Waals surface area (Å²) in [6.07, 6.45) is 0. The van der Waals surface area contributed by atoms with Crippen LogP contribution in [-0.2, 0) is 5.41 Å². The van der Waals surface area contributed by atoms with E-state index in [-0.39, 0.29) is 5.41 Å². The van der Waals surface area contributed by atoms with Crippen LogP contribution in [0.3, 0.4) is 0 Å². The van der Waals surface area contributed by atoms with Crippen molar-refractivity contribution in [2.75, 3.05) is 4.90 Å². The molecule has 0 aromatic heterocycles. The minimum absolute atomic E-state index is 0.328. The molecule has 1 nitrogen and oxygen atoms in total. The molecule has 8 aromatic rings. The van der Waals surface area contributed by atoms with E-state index in [0.717, 1.165) is 11.4 Å². The number of anilines is 3. The van der Waals surface area contributed by atoms with E-state index in [9.17, 15) is 0 Å². The summed E-state index contributed by atoms with van der Waals surface area (Å²) in [6.45, 7) is 8.00. The maximum atomic E-state index is 2.28. The second-order valence-electron chi connectivity index (χ2n) is 11.8. The van der Waals surface area contributed by atoms with Gasteiger partial charge in [-0.3, -0.25) is 0 Å². The Morgan fingerprint density at radius 2 is 0.558 bits per heavy atom. The van der Waals surface area contributed by atoms with Gasteiger partial charge in [0.15, 0.2) is 0 Å². The first-order chi connectivity index (χ1) is 25.8. The van der Waals surface area contributed by atoms with E-state index in [1.54, 1.807) is 0 Å². The highest BCUT2D eigenvalue weighted by atomic mass is 15.1. The van der Waals surface area contributed by atoms with E-state index >= 15 is 0 Å². The zero-order chi connectivity index (χ0) is 36.4. The van der Waals surface area contributed by atoms with Crippen LogP contribution in [0.4, 0.5) is 17.1 Å². The van der Waals surface area contributed by atoms with Gasteiger partial charge in [0, 0.05) is 17.1 Å². The zero-order valence-electron chi connectivity index (χ0n) is 30.8. The van der Waals surface area contributed by atoms with E-state index in [0.29, 0.717) is 0 Å². The standard InChI is InChI=1S/C25H20.C22H17N.2C2H6/c1-5-13-21(14-6-1)25(22-15-7-2-8-16-22,23-17-9-3-10-18-23)24-19-11-4-12-20-24;1-3-11-20(12-4-1)23(21-13-5-2-6-14-21)22-16-15-18-9-7-8-10-19(18)17-22;2*1-2/h1-20H;1-17H;2*1-2H3. The Morgan fingerprint density at radius 3 is 0.904 bits per heavy atom. The average molecular weight is 676 g/mol. The lowest BCUT2D eigenvalue weighted by atomic mass is 9.65. The van der Waals surface area contributed by atoms with Crippen molar-refractivity contribution in [3.63, 3.8) is 0 Å². The Balaban J connectivity index is 0.000000184. The molecule has 0 radical (unpaired) electrons. The number of hydrogen-bond donors (Lipinski definition) is 0. The Labute approximate surface area is 311 Å².